The van der Waals surface area contributed by atoms with Crippen LogP contribution in [0.2, 0.25) is 0 Å². The van der Waals surface area contributed by atoms with Crippen molar-refractivity contribution in [1.29, 1.82) is 0 Å². The molecule has 15 aromatic carbocycles. The van der Waals surface area contributed by atoms with Crippen molar-refractivity contribution in [2.45, 2.75) is 134 Å². The van der Waals surface area contributed by atoms with Gasteiger partial charge in [0, 0.05) is 122 Å². The van der Waals surface area contributed by atoms with Crippen LogP contribution < -0.4 is 19.6 Å². The van der Waals surface area contributed by atoms with Crippen LogP contribution in [0.3, 0.4) is 0 Å². The molecule has 132 heavy (non-hydrogen) atoms. The van der Waals surface area contributed by atoms with Gasteiger partial charge >= 0.3 is 0 Å². The first-order valence-electron chi connectivity index (χ1n) is 53.8. The fraction of sp³-hybridized carbons (Fsp3) is 0.164. The second-order valence-corrected chi connectivity index (χ2v) is 36.1. The first-order chi connectivity index (χ1) is 71.2. The average Bonchev–Trinajstić information content (AvgIpc) is 1.39. The molecule has 0 amide bonds. The van der Waals surface area contributed by atoms with E-state index in [0.717, 1.165) is 122 Å². The molecule has 6 heterocycles. The number of hydrogen-bond donors (Lipinski definition) is 0. The van der Waals surface area contributed by atoms with Crippen LogP contribution in [0.25, 0.3) is 111 Å². The topological polar surface area (TPSA) is 48.6 Å². The van der Waals surface area contributed by atoms with Gasteiger partial charge in [0.25, 0.3) is 0 Å². The van der Waals surface area contributed by atoms with Gasteiger partial charge in [0.1, 0.15) is 11.6 Å². The molecule has 2 aliphatic heterocycles. The summed E-state index contributed by atoms with van der Waals surface area (Å²) in [5.41, 5.74) is 25.3. The number of benzene rings is 15. The fourth-order valence-corrected chi connectivity index (χ4v) is 19.0. The SMILES string of the molecule is [2H]c1c([2H])c([2H])c(-c2c(C)c(C)c(C)c(-c3c([2H])c([2H])c([2H])c([2H])c3[2H])c2N2[CH-]N(c3[c-]c(Cc4[c-]c5c(cc4)c4ccccc4n5-c4cc(C(C)(C)C)ccn4)cc(-c4c(C)cc(C)cc4C)c3)c3ccccc32)c([2H])c1[2H].[2H]c1c([2H])c([2H])c(-c2c(C)c(C)c(C)c(-c3c([2H])c([2H])c([2H])c([2H])c3[2H])c2N2[CH-]N(c3[c-]c(Cc4[c-]c5c(cc4)c4ccccc4n5-c4cc(C(C)(C)C)ccn4)cc(C)c3)c3ccccc32)c([2H])c1[2H].[Pt].[Pt]. The Morgan fingerprint density at radius 1 is 0.311 bits per heavy atom. The maximum absolute atomic E-state index is 9.38. The molecule has 0 bridgehead atoms. The number of anilines is 8. The second-order valence-electron chi connectivity index (χ2n) is 36.1. The summed E-state index contributed by atoms with van der Waals surface area (Å²) in [6.07, 6.45) is 4.69. The minimum Gasteiger partial charge on any atom is -0.493 e. The van der Waals surface area contributed by atoms with Crippen LogP contribution in [0.15, 0.2) is 315 Å². The van der Waals surface area contributed by atoms with Gasteiger partial charge in [-0.25, -0.2) is 9.97 Å². The summed E-state index contributed by atoms with van der Waals surface area (Å²) in [5.74, 6) is 1.63. The van der Waals surface area contributed by atoms with Crippen LogP contribution in [0.5, 0.6) is 0 Å². The van der Waals surface area contributed by atoms with E-state index in [1.807, 2.05) is 167 Å². The molecule has 4 aromatic heterocycles. The minimum atomic E-state index is -0.551. The smallest absolute Gasteiger partial charge is 0.135 e. The van der Waals surface area contributed by atoms with E-state index in [1.165, 1.54) is 11.1 Å². The van der Waals surface area contributed by atoms with E-state index in [1.54, 1.807) is 0 Å². The third-order valence-corrected chi connectivity index (χ3v) is 25.6. The van der Waals surface area contributed by atoms with Crippen molar-refractivity contribution in [3.8, 4) is 67.3 Å². The van der Waals surface area contributed by atoms with Crippen LogP contribution in [0, 0.1) is 107 Å². The monoisotopic (exact) mass is 2090 g/mol. The number of para-hydroxylation sites is 6. The number of nitrogens with zero attached hydrogens (tertiary/aromatic N) is 8. The van der Waals surface area contributed by atoms with E-state index < -0.39 is 121 Å². The van der Waals surface area contributed by atoms with E-state index in [0.29, 0.717) is 74.7 Å². The third kappa shape index (κ3) is 16.4. The van der Waals surface area contributed by atoms with Crippen molar-refractivity contribution in [3.63, 3.8) is 0 Å². The average molecular weight is 2090 g/mol. The van der Waals surface area contributed by atoms with Gasteiger partial charge in [0.2, 0.25) is 0 Å². The van der Waals surface area contributed by atoms with Gasteiger partial charge in [-0.05, 0) is 241 Å². The Balaban J connectivity index is 0.000000196. The van der Waals surface area contributed by atoms with Gasteiger partial charge in [-0.2, -0.15) is 88.5 Å². The molecular formula is C122H106N8Pt2-6. The first-order valence-corrected chi connectivity index (χ1v) is 43.8. The molecule has 660 valence electrons. The van der Waals surface area contributed by atoms with Crippen LogP contribution in [0.4, 0.5) is 45.5 Å². The van der Waals surface area contributed by atoms with Gasteiger partial charge in [0.05, 0.1) is 27.4 Å². The summed E-state index contributed by atoms with van der Waals surface area (Å²) in [4.78, 5) is 17.5. The summed E-state index contributed by atoms with van der Waals surface area (Å²) in [5, 5.41) is 4.33. The molecule has 2 aliphatic rings. The fourth-order valence-electron chi connectivity index (χ4n) is 19.0. The van der Waals surface area contributed by atoms with Gasteiger partial charge < -0.3 is 28.7 Å². The molecule has 0 N–H and O–H groups in total. The molecule has 0 saturated carbocycles. The molecular weight excluding hydrogens is 1970 g/mol. The zero-order chi connectivity index (χ0) is 107. The molecule has 21 rings (SSSR count). The van der Waals surface area contributed by atoms with E-state index in [-0.39, 0.29) is 103 Å². The maximum Gasteiger partial charge on any atom is 0.135 e. The molecule has 0 spiro atoms. The van der Waals surface area contributed by atoms with Gasteiger partial charge in [-0.15, -0.1) is 53.2 Å². The van der Waals surface area contributed by atoms with E-state index >= 15 is 0 Å². The van der Waals surface area contributed by atoms with E-state index in [9.17, 15) is 11.0 Å². The predicted molar refractivity (Wildman–Crippen MR) is 546 cm³/mol. The summed E-state index contributed by atoms with van der Waals surface area (Å²) in [6.45, 7) is 36.2. The van der Waals surface area contributed by atoms with Crippen molar-refractivity contribution >= 4 is 89.1 Å². The quantitative estimate of drug-likeness (QED) is 0.0954. The zero-order valence-corrected chi connectivity index (χ0v) is 80.8. The summed E-state index contributed by atoms with van der Waals surface area (Å²) in [7, 11) is 0. The molecule has 10 heteroatoms. The Kier molecular flexibility index (Phi) is 18.6. The van der Waals surface area contributed by atoms with Crippen LogP contribution >= 0.6 is 0 Å². The summed E-state index contributed by atoms with van der Waals surface area (Å²) < 4.78 is 183. The Morgan fingerprint density at radius 2 is 0.652 bits per heavy atom. The minimum absolute atomic E-state index is 0. The van der Waals surface area contributed by atoms with Crippen LogP contribution in [0.1, 0.15) is 158 Å². The molecule has 0 aliphatic carbocycles. The zero-order valence-electron chi connectivity index (χ0n) is 96.3. The Labute approximate surface area is 835 Å². The molecule has 0 atom stereocenters. The number of fused-ring (bicyclic) bond motifs is 8. The van der Waals surface area contributed by atoms with Crippen molar-refractivity contribution in [3.05, 3.63) is 442 Å². The van der Waals surface area contributed by atoms with Gasteiger partial charge in [-0.1, -0.05) is 259 Å². The van der Waals surface area contributed by atoms with Crippen LogP contribution in [-0.4, -0.2) is 19.1 Å². The summed E-state index contributed by atoms with van der Waals surface area (Å²) in [6, 6.07) is 67.1. The van der Waals surface area contributed by atoms with Gasteiger partial charge in [-0.3, -0.25) is 0 Å². The van der Waals surface area contributed by atoms with Crippen molar-refractivity contribution in [2.75, 3.05) is 19.6 Å². The molecule has 19 aromatic rings. The number of pyridine rings is 2. The maximum atomic E-state index is 9.38. The second kappa shape index (κ2) is 36.2. The molecule has 0 unspecified atom stereocenters. The normalized spacial score (nSPS) is 14.6. The van der Waals surface area contributed by atoms with Gasteiger partial charge in [0.15, 0.2) is 0 Å². The first kappa shape index (κ1) is 67.9. The predicted octanol–water partition coefficient (Wildman–Crippen LogP) is 31.6. The number of aromatic nitrogens is 4. The number of rotatable bonds is 15. The van der Waals surface area contributed by atoms with E-state index in [4.69, 9.17) is 26.4 Å². The van der Waals surface area contributed by atoms with Crippen molar-refractivity contribution < 1.29 is 69.5 Å². The van der Waals surface area contributed by atoms with Crippen molar-refractivity contribution in [2.24, 2.45) is 0 Å². The van der Waals surface area contributed by atoms with Crippen molar-refractivity contribution in [1.82, 2.24) is 19.1 Å². The Morgan fingerprint density at radius 3 is 1.03 bits per heavy atom. The largest absolute Gasteiger partial charge is 0.493 e. The molecule has 0 radical (unpaired) electrons. The Hall–Kier alpha value is -13.2. The third-order valence-electron chi connectivity index (χ3n) is 25.6. The summed E-state index contributed by atoms with van der Waals surface area (Å²) >= 11 is 0. The van der Waals surface area contributed by atoms with E-state index in [2.05, 4.69) is 205 Å². The molecule has 0 fully saturated rings. The standard InChI is InChI=1S/C65H57N4.C57H49N4.2Pt/c1-41-32-42(2)61(43(3)33-41)51-35-48(34-47-28-29-55-54-24-16-17-25-56(54)69(59(55)37-47)60-39-52(30-31-66-60)65(7,8)9)36-53(38-51)67-40-68(58-27-19-18-26-57(58)67)64-62(49-20-12-10-13-21-49)45(5)44(4)46(6)63(64)50-22-14-11-15-23-50;1-37-30-42(32-41-26-27-48-47-22-14-15-23-49(47)61(52(48)34-41)53-35-45(28-29-58-53)57(5,6)7)33-46(31-37)59-36-60(51-25-17-16-24-50(51)59)56-54(43-18-10-8-11-19-43)39(3)38(2)40(4)55(56)44-20-12-9-13-21-44;;/h10-33,35,38-40H,34H2,1-9H3;8-31,35-36H,32H2,1-7H3;;/q2*-3;;/i10D,11D,12D,13D,14D,15D,20D,21D,22D,23D;8D,9D,10D,11D,12D,13D,18D,19D,20D,21D;;. The Bertz CT molecular complexity index is 8660. The molecule has 0 saturated heterocycles. The number of hydrogen-bond acceptors (Lipinski definition) is 6. The van der Waals surface area contributed by atoms with Crippen LogP contribution in [-0.2, 0) is 65.8 Å². The molecule has 8 nitrogen and oxygen atoms in total. The number of aryl methyl sites for hydroxylation is 4.